The molecule has 2 aliphatic rings. The molecule has 0 aliphatic carbocycles. The molecular weight excluding hydrogens is 352 g/mol. The van der Waals surface area contributed by atoms with Crippen molar-refractivity contribution in [2.45, 2.75) is 25.3 Å². The van der Waals surface area contributed by atoms with Crippen LogP contribution in [-0.2, 0) is 6.42 Å². The minimum absolute atomic E-state index is 0.144. The van der Waals surface area contributed by atoms with Crippen LogP contribution in [0.5, 0.6) is 11.5 Å². The Labute approximate surface area is 166 Å². The standard InChI is InChI=1S/C23H28N2O3/c1-27-21-9-5-8-19-14-17(16-28-22(19)21)15-24-20-10-12-25(13-11-20)23(26)18-6-3-2-4-7-18/h2-9,17,20,24H,10-16H2,1H3/t17-/m0/s1. The van der Waals surface area contributed by atoms with Gasteiger partial charge in [0.1, 0.15) is 0 Å². The Morgan fingerprint density at radius 3 is 2.68 bits per heavy atom. The Morgan fingerprint density at radius 2 is 1.93 bits per heavy atom. The summed E-state index contributed by atoms with van der Waals surface area (Å²) in [4.78, 5) is 14.5. The molecule has 1 amide bonds. The molecule has 2 heterocycles. The van der Waals surface area contributed by atoms with Gasteiger partial charge in [-0.1, -0.05) is 30.3 Å². The fraction of sp³-hybridized carbons (Fsp3) is 0.435. The van der Waals surface area contributed by atoms with E-state index < -0.39 is 0 Å². The summed E-state index contributed by atoms with van der Waals surface area (Å²) < 4.78 is 11.4. The van der Waals surface area contributed by atoms with Gasteiger partial charge in [-0.2, -0.15) is 0 Å². The van der Waals surface area contributed by atoms with E-state index in [-0.39, 0.29) is 5.91 Å². The molecule has 0 radical (unpaired) electrons. The molecule has 1 saturated heterocycles. The summed E-state index contributed by atoms with van der Waals surface area (Å²) in [7, 11) is 1.68. The molecule has 2 aromatic carbocycles. The maximum atomic E-state index is 12.6. The Hall–Kier alpha value is -2.53. The quantitative estimate of drug-likeness (QED) is 0.866. The third kappa shape index (κ3) is 4.14. The van der Waals surface area contributed by atoms with Crippen LogP contribution in [0.15, 0.2) is 48.5 Å². The second-order valence-electron chi connectivity index (χ2n) is 7.67. The smallest absolute Gasteiger partial charge is 0.253 e. The van der Waals surface area contributed by atoms with Crippen LogP contribution in [0.1, 0.15) is 28.8 Å². The molecule has 0 bridgehead atoms. The van der Waals surface area contributed by atoms with E-state index in [1.807, 2.05) is 47.4 Å². The molecule has 148 valence electrons. The summed E-state index contributed by atoms with van der Waals surface area (Å²) in [5.74, 6) is 2.32. The number of hydrogen-bond donors (Lipinski definition) is 1. The van der Waals surface area contributed by atoms with Crippen molar-refractivity contribution in [3.05, 3.63) is 59.7 Å². The van der Waals surface area contributed by atoms with Crippen LogP contribution < -0.4 is 14.8 Å². The Bertz CT molecular complexity index is 801. The van der Waals surface area contributed by atoms with Gasteiger partial charge in [-0.3, -0.25) is 4.79 Å². The number of benzene rings is 2. The van der Waals surface area contributed by atoms with Gasteiger partial charge in [-0.05, 0) is 43.0 Å². The van der Waals surface area contributed by atoms with Crippen LogP contribution in [-0.4, -0.2) is 50.2 Å². The number of methoxy groups -OCH3 is 1. The van der Waals surface area contributed by atoms with Crippen molar-refractivity contribution >= 4 is 5.91 Å². The minimum Gasteiger partial charge on any atom is -0.493 e. The fourth-order valence-corrected chi connectivity index (χ4v) is 4.13. The zero-order valence-electron chi connectivity index (χ0n) is 16.4. The van der Waals surface area contributed by atoms with Crippen LogP contribution in [0.25, 0.3) is 0 Å². The van der Waals surface area contributed by atoms with Crippen LogP contribution in [0.4, 0.5) is 0 Å². The van der Waals surface area contributed by atoms with Gasteiger partial charge in [0.25, 0.3) is 5.91 Å². The highest BCUT2D eigenvalue weighted by Gasteiger charge is 2.26. The lowest BCUT2D eigenvalue weighted by Crippen LogP contribution is -2.46. The van der Waals surface area contributed by atoms with Gasteiger partial charge < -0.3 is 19.7 Å². The Kier molecular flexibility index (Phi) is 5.81. The van der Waals surface area contributed by atoms with Crippen molar-refractivity contribution in [3.8, 4) is 11.5 Å². The second kappa shape index (κ2) is 8.65. The van der Waals surface area contributed by atoms with Gasteiger partial charge in [0.05, 0.1) is 13.7 Å². The number of nitrogens with zero attached hydrogens (tertiary/aromatic N) is 1. The molecule has 28 heavy (non-hydrogen) atoms. The highest BCUT2D eigenvalue weighted by atomic mass is 16.5. The summed E-state index contributed by atoms with van der Waals surface area (Å²) in [6, 6.07) is 16.1. The Balaban J connectivity index is 1.24. The molecule has 1 fully saturated rings. The van der Waals surface area contributed by atoms with Crippen LogP contribution in [0.3, 0.4) is 0 Å². The van der Waals surface area contributed by atoms with E-state index in [0.717, 1.165) is 56.0 Å². The van der Waals surface area contributed by atoms with Gasteiger partial charge in [0.2, 0.25) is 0 Å². The lowest BCUT2D eigenvalue weighted by atomic mass is 9.95. The van der Waals surface area contributed by atoms with Gasteiger partial charge in [-0.25, -0.2) is 0 Å². The second-order valence-corrected chi connectivity index (χ2v) is 7.67. The van der Waals surface area contributed by atoms with Crippen LogP contribution in [0.2, 0.25) is 0 Å². The van der Waals surface area contributed by atoms with Gasteiger partial charge >= 0.3 is 0 Å². The van der Waals surface area contributed by atoms with E-state index in [1.165, 1.54) is 5.56 Å². The van der Waals surface area contributed by atoms with E-state index in [2.05, 4.69) is 11.4 Å². The first-order valence-corrected chi connectivity index (χ1v) is 10.1. The van der Waals surface area contributed by atoms with E-state index in [4.69, 9.17) is 9.47 Å². The van der Waals surface area contributed by atoms with E-state index in [1.54, 1.807) is 7.11 Å². The molecule has 1 N–H and O–H groups in total. The average molecular weight is 380 g/mol. The van der Waals surface area contributed by atoms with E-state index >= 15 is 0 Å². The zero-order chi connectivity index (χ0) is 19.3. The summed E-state index contributed by atoms with van der Waals surface area (Å²) in [6.45, 7) is 3.28. The lowest BCUT2D eigenvalue weighted by Gasteiger charge is -2.34. The van der Waals surface area contributed by atoms with Gasteiger partial charge in [-0.15, -0.1) is 0 Å². The largest absolute Gasteiger partial charge is 0.493 e. The number of para-hydroxylation sites is 1. The molecule has 5 heteroatoms. The number of fused-ring (bicyclic) bond motifs is 1. The minimum atomic E-state index is 0.144. The molecule has 0 spiro atoms. The van der Waals surface area contributed by atoms with Gasteiger partial charge in [0, 0.05) is 37.2 Å². The van der Waals surface area contributed by atoms with E-state index in [0.29, 0.717) is 18.6 Å². The zero-order valence-corrected chi connectivity index (χ0v) is 16.4. The van der Waals surface area contributed by atoms with Crippen molar-refractivity contribution < 1.29 is 14.3 Å². The topological polar surface area (TPSA) is 50.8 Å². The third-order valence-electron chi connectivity index (χ3n) is 5.75. The number of piperidine rings is 1. The predicted octanol–water partition coefficient (Wildman–Crippen LogP) is 3.14. The molecule has 2 aliphatic heterocycles. The maximum absolute atomic E-state index is 12.6. The third-order valence-corrected chi connectivity index (χ3v) is 5.75. The van der Waals surface area contributed by atoms with Crippen molar-refractivity contribution in [1.82, 2.24) is 10.2 Å². The summed E-state index contributed by atoms with van der Waals surface area (Å²) in [5, 5.41) is 3.70. The first kappa shape index (κ1) is 18.8. The van der Waals surface area contributed by atoms with Crippen molar-refractivity contribution in [3.63, 3.8) is 0 Å². The van der Waals surface area contributed by atoms with Crippen molar-refractivity contribution in [1.29, 1.82) is 0 Å². The van der Waals surface area contributed by atoms with Crippen molar-refractivity contribution in [2.75, 3.05) is 33.4 Å². The average Bonchev–Trinajstić information content (AvgIpc) is 2.77. The molecule has 2 aromatic rings. The van der Waals surface area contributed by atoms with E-state index in [9.17, 15) is 4.79 Å². The van der Waals surface area contributed by atoms with Gasteiger partial charge in [0.15, 0.2) is 11.5 Å². The first-order chi connectivity index (χ1) is 13.7. The van der Waals surface area contributed by atoms with Crippen molar-refractivity contribution in [2.24, 2.45) is 5.92 Å². The molecule has 0 saturated carbocycles. The first-order valence-electron chi connectivity index (χ1n) is 10.1. The predicted molar refractivity (Wildman–Crippen MR) is 109 cm³/mol. The van der Waals surface area contributed by atoms with Crippen LogP contribution in [0, 0.1) is 5.92 Å². The maximum Gasteiger partial charge on any atom is 0.253 e. The Morgan fingerprint density at radius 1 is 1.14 bits per heavy atom. The fourth-order valence-electron chi connectivity index (χ4n) is 4.13. The molecular formula is C23H28N2O3. The number of likely N-dealkylation sites (tertiary alicyclic amines) is 1. The SMILES string of the molecule is COc1cccc2c1OC[C@H](CNC1CCN(C(=O)c3ccccc3)CC1)C2. The molecule has 1 atom stereocenters. The number of hydrogen-bond acceptors (Lipinski definition) is 4. The normalized spacial score (nSPS) is 19.6. The molecule has 0 aromatic heterocycles. The number of amides is 1. The number of carbonyl (C=O) groups is 1. The highest BCUT2D eigenvalue weighted by Crippen LogP contribution is 2.35. The monoisotopic (exact) mass is 380 g/mol. The summed E-state index contributed by atoms with van der Waals surface area (Å²) in [5.41, 5.74) is 2.00. The number of ether oxygens (including phenoxy) is 2. The highest BCUT2D eigenvalue weighted by molar-refractivity contribution is 5.94. The van der Waals surface area contributed by atoms with Crippen LogP contribution >= 0.6 is 0 Å². The number of carbonyl (C=O) groups excluding carboxylic acids is 1. The number of nitrogens with one attached hydrogen (secondary N) is 1. The summed E-state index contributed by atoms with van der Waals surface area (Å²) >= 11 is 0. The number of rotatable bonds is 5. The summed E-state index contributed by atoms with van der Waals surface area (Å²) in [6.07, 6.45) is 3.00. The lowest BCUT2D eigenvalue weighted by molar-refractivity contribution is 0.0702. The molecule has 4 rings (SSSR count). The molecule has 5 nitrogen and oxygen atoms in total. The molecule has 0 unspecified atom stereocenters.